The third-order valence-electron chi connectivity index (χ3n) is 2.65. The molecule has 0 aliphatic rings. The van der Waals surface area contributed by atoms with Crippen molar-refractivity contribution in [2.45, 2.75) is 4.90 Å². The van der Waals surface area contributed by atoms with Gasteiger partial charge in [0.2, 0.25) is 5.39 Å². The van der Waals surface area contributed by atoms with Gasteiger partial charge in [-0.05, 0) is 6.07 Å². The average molecular weight is 297 g/mol. The van der Waals surface area contributed by atoms with Gasteiger partial charge in [-0.3, -0.25) is 14.7 Å². The molecular weight excluding hydrogens is 290 g/mol. The molecule has 102 valence electrons. The predicted molar refractivity (Wildman–Crippen MR) is 68.2 cm³/mol. The van der Waals surface area contributed by atoms with E-state index in [-0.39, 0.29) is 11.1 Å². The fraction of sp³-hybridized carbons (Fsp3) is 0. The number of diazo groups is 1. The van der Waals surface area contributed by atoms with Crippen LogP contribution in [0.5, 0.6) is 5.75 Å². The highest BCUT2D eigenvalue weighted by Crippen LogP contribution is 2.42. The summed E-state index contributed by atoms with van der Waals surface area (Å²) in [5.41, 5.74) is -0.906. The second kappa shape index (κ2) is 4.41. The summed E-state index contributed by atoms with van der Waals surface area (Å²) in [4.78, 5) is 12.2. The summed E-state index contributed by atoms with van der Waals surface area (Å²) in [6, 6.07) is 4.24. The number of non-ortho nitro benzene ring substituents is 1. The molecular formula is C10H7N3O6S+2. The molecule has 10 heteroatoms. The molecule has 20 heavy (non-hydrogen) atoms. The van der Waals surface area contributed by atoms with E-state index in [2.05, 4.69) is 4.98 Å². The van der Waals surface area contributed by atoms with Gasteiger partial charge < -0.3 is 5.11 Å². The summed E-state index contributed by atoms with van der Waals surface area (Å²) < 4.78 is 31.8. The Morgan fingerprint density at radius 3 is 2.55 bits per heavy atom. The van der Waals surface area contributed by atoms with Gasteiger partial charge in [-0.2, -0.15) is 8.42 Å². The first-order valence-electron chi connectivity index (χ1n) is 5.05. The Hall–Kier alpha value is -2.77. The standard InChI is InChI=1S/C10H5N3O6S/c11-12-10-5-2-1-3-6(13(15)16)9(5)8(4-7(10)14)20(17,18)19/h1-4H,(H-,14,17,18,19)/p+2. The highest BCUT2D eigenvalue weighted by molar-refractivity contribution is 7.86. The Labute approximate surface area is 111 Å². The maximum Gasteiger partial charge on any atom is 0.485 e. The van der Waals surface area contributed by atoms with Gasteiger partial charge in [0.25, 0.3) is 15.8 Å². The van der Waals surface area contributed by atoms with Crippen molar-refractivity contribution in [2.24, 2.45) is 0 Å². The fourth-order valence-corrected chi connectivity index (χ4v) is 2.62. The minimum absolute atomic E-state index is 0.123. The zero-order valence-electron chi connectivity index (χ0n) is 9.64. The van der Waals surface area contributed by atoms with E-state index in [1.165, 1.54) is 12.1 Å². The molecule has 0 aliphatic carbocycles. The van der Waals surface area contributed by atoms with E-state index in [0.717, 1.165) is 6.07 Å². The van der Waals surface area contributed by atoms with E-state index in [1.54, 1.807) is 0 Å². The highest BCUT2D eigenvalue weighted by Gasteiger charge is 2.33. The predicted octanol–water partition coefficient (Wildman–Crippen LogP) is 1.92. The average Bonchev–Trinajstić information content (AvgIpc) is 2.35. The molecule has 0 bridgehead atoms. The van der Waals surface area contributed by atoms with Crippen molar-refractivity contribution in [3.05, 3.63) is 39.4 Å². The number of benzene rings is 2. The van der Waals surface area contributed by atoms with Crippen molar-refractivity contribution in [2.75, 3.05) is 0 Å². The van der Waals surface area contributed by atoms with Crippen LogP contribution in [0, 0.1) is 15.5 Å². The van der Waals surface area contributed by atoms with Gasteiger partial charge in [0.1, 0.15) is 4.90 Å². The molecule has 2 rings (SSSR count). The molecule has 2 aromatic carbocycles. The number of hydrogen-bond acceptors (Lipinski definition) is 5. The van der Waals surface area contributed by atoms with Gasteiger partial charge in [0.05, 0.1) is 21.8 Å². The SMILES string of the molecule is N#[N+]c1c([OH2+])cc(S(=O)(=O)O)c2c([N+](=O)[O-])cccc12. The minimum atomic E-state index is -4.78. The maximum absolute atomic E-state index is 11.3. The fourth-order valence-electron chi connectivity index (χ4n) is 1.88. The molecule has 3 N–H and O–H groups in total. The number of nitrogens with zero attached hydrogens (tertiary/aromatic N) is 3. The third kappa shape index (κ3) is 2.00. The van der Waals surface area contributed by atoms with Crippen LogP contribution in [0.25, 0.3) is 15.7 Å². The molecule has 0 aromatic heterocycles. The maximum atomic E-state index is 11.3. The Kier molecular flexibility index (Phi) is 3.01. The Morgan fingerprint density at radius 1 is 1.40 bits per heavy atom. The van der Waals surface area contributed by atoms with Crippen LogP contribution in [0.4, 0.5) is 11.4 Å². The van der Waals surface area contributed by atoms with Crippen LogP contribution in [-0.4, -0.2) is 23.0 Å². The number of hydrogen-bond donors (Lipinski definition) is 1. The van der Waals surface area contributed by atoms with Crippen LogP contribution in [0.2, 0.25) is 0 Å². The zero-order chi connectivity index (χ0) is 15.1. The molecule has 0 unspecified atom stereocenters. The van der Waals surface area contributed by atoms with E-state index in [4.69, 9.17) is 15.1 Å². The molecule has 0 amide bonds. The first-order valence-corrected chi connectivity index (χ1v) is 6.49. The zero-order valence-corrected chi connectivity index (χ0v) is 10.5. The molecule has 0 heterocycles. The summed E-state index contributed by atoms with van der Waals surface area (Å²) >= 11 is 0. The summed E-state index contributed by atoms with van der Waals surface area (Å²) in [7, 11) is -4.78. The molecule has 0 aliphatic heterocycles. The number of nitro benzene ring substituents is 1. The molecule has 0 saturated carbocycles. The lowest BCUT2D eigenvalue weighted by atomic mass is 10.1. The largest absolute Gasteiger partial charge is 0.588 e. The van der Waals surface area contributed by atoms with Crippen molar-refractivity contribution in [3.63, 3.8) is 0 Å². The Balaban J connectivity index is 3.18. The van der Waals surface area contributed by atoms with Crippen molar-refractivity contribution in [1.29, 1.82) is 5.39 Å². The lowest BCUT2D eigenvalue weighted by Gasteiger charge is -2.02. The molecule has 0 atom stereocenters. The van der Waals surface area contributed by atoms with E-state index in [0.29, 0.717) is 6.07 Å². The smallest absolute Gasteiger partial charge is 0.485 e. The molecule has 9 nitrogen and oxygen atoms in total. The van der Waals surface area contributed by atoms with Crippen LogP contribution in [-0.2, 0) is 10.1 Å². The van der Waals surface area contributed by atoms with Gasteiger partial charge in [-0.25, -0.2) is 0 Å². The summed E-state index contributed by atoms with van der Waals surface area (Å²) in [6.45, 7) is 0. The lowest BCUT2D eigenvalue weighted by Crippen LogP contribution is -2.01. The topological polar surface area (TPSA) is 149 Å². The van der Waals surface area contributed by atoms with Gasteiger partial charge in [-0.1, -0.05) is 6.07 Å². The van der Waals surface area contributed by atoms with Crippen molar-refractivity contribution in [3.8, 4) is 5.75 Å². The van der Waals surface area contributed by atoms with E-state index in [9.17, 15) is 18.5 Å². The van der Waals surface area contributed by atoms with Gasteiger partial charge in [-0.15, -0.1) is 0 Å². The summed E-state index contributed by atoms with van der Waals surface area (Å²) in [5.74, 6) is -0.492. The van der Waals surface area contributed by atoms with E-state index >= 15 is 0 Å². The minimum Gasteiger partial charge on any atom is -0.588 e. The lowest BCUT2D eigenvalue weighted by molar-refractivity contribution is -0.383. The number of nitro groups is 1. The van der Waals surface area contributed by atoms with Crippen molar-refractivity contribution < 1.29 is 23.0 Å². The molecule has 0 spiro atoms. The highest BCUT2D eigenvalue weighted by atomic mass is 32.2. The number of fused-ring (bicyclic) bond motifs is 1. The van der Waals surface area contributed by atoms with E-state index < -0.39 is 36.8 Å². The summed E-state index contributed by atoms with van der Waals surface area (Å²) in [6.07, 6.45) is 0. The third-order valence-corrected chi connectivity index (χ3v) is 3.53. The van der Waals surface area contributed by atoms with Gasteiger partial charge in [0, 0.05) is 6.07 Å². The first-order chi connectivity index (χ1) is 9.27. The van der Waals surface area contributed by atoms with Crippen molar-refractivity contribution >= 4 is 32.3 Å². The van der Waals surface area contributed by atoms with E-state index in [1.807, 2.05) is 0 Å². The van der Waals surface area contributed by atoms with Crippen molar-refractivity contribution in [1.82, 2.24) is 0 Å². The van der Waals surface area contributed by atoms with Crippen LogP contribution < -0.4 is 0 Å². The van der Waals surface area contributed by atoms with Gasteiger partial charge in [0.15, 0.2) is 4.98 Å². The second-order valence-corrected chi connectivity index (χ2v) is 5.19. The van der Waals surface area contributed by atoms with Gasteiger partial charge >= 0.3 is 11.4 Å². The normalized spacial score (nSPS) is 11.2. The first kappa shape index (κ1) is 13.7. The molecule has 0 saturated heterocycles. The second-order valence-electron chi connectivity index (χ2n) is 3.80. The molecule has 0 radical (unpaired) electrons. The van der Waals surface area contributed by atoms with Crippen LogP contribution in [0.15, 0.2) is 29.2 Å². The van der Waals surface area contributed by atoms with Crippen LogP contribution in [0.1, 0.15) is 0 Å². The molecule has 0 fully saturated rings. The Morgan fingerprint density at radius 2 is 2.05 bits per heavy atom. The summed E-state index contributed by atoms with van der Waals surface area (Å²) in [5, 5.41) is 26.8. The van der Waals surface area contributed by atoms with Crippen LogP contribution >= 0.6 is 0 Å². The van der Waals surface area contributed by atoms with Crippen LogP contribution in [0.3, 0.4) is 0 Å². The number of rotatable bonds is 2. The quantitative estimate of drug-likeness (QED) is 0.294. The monoisotopic (exact) mass is 297 g/mol. The molecule has 2 aromatic rings. The Bertz CT molecular complexity index is 884.